The highest BCUT2D eigenvalue weighted by molar-refractivity contribution is 14.0. The Balaban J connectivity index is 0.00000338. The van der Waals surface area contributed by atoms with Crippen LogP contribution in [0.1, 0.15) is 24.1 Å². The zero-order chi connectivity index (χ0) is 18.1. The topological polar surface area (TPSA) is 39.7 Å². The molecule has 0 spiro atoms. The van der Waals surface area contributed by atoms with Gasteiger partial charge in [-0.15, -0.1) is 24.0 Å². The number of rotatable bonds is 7. The summed E-state index contributed by atoms with van der Waals surface area (Å²) >= 11 is 0. The molecule has 1 atom stereocenters. The Kier molecular flexibility index (Phi) is 10.2. The first-order chi connectivity index (χ1) is 12.1. The van der Waals surface area contributed by atoms with Gasteiger partial charge in [0.15, 0.2) is 5.96 Å². The van der Waals surface area contributed by atoms with E-state index < -0.39 is 0 Å². The molecule has 26 heavy (non-hydrogen) atoms. The SMILES string of the molecule is CCNC(=NCc1cccc(F)c1)NCC(c1ccccc1)N(C)C.I. The monoisotopic (exact) mass is 470 g/mol. The van der Waals surface area contributed by atoms with Crippen molar-refractivity contribution in [1.82, 2.24) is 15.5 Å². The molecule has 1 unspecified atom stereocenters. The summed E-state index contributed by atoms with van der Waals surface area (Å²) in [5.41, 5.74) is 2.10. The maximum Gasteiger partial charge on any atom is 0.191 e. The summed E-state index contributed by atoms with van der Waals surface area (Å²) in [6.07, 6.45) is 0. The third-order valence-electron chi connectivity index (χ3n) is 3.92. The normalized spacial score (nSPS) is 12.4. The molecular weight excluding hydrogens is 442 g/mol. The minimum atomic E-state index is -0.234. The van der Waals surface area contributed by atoms with Crippen LogP contribution in [0.3, 0.4) is 0 Å². The second-order valence-electron chi connectivity index (χ2n) is 6.10. The highest BCUT2D eigenvalue weighted by atomic mass is 127. The molecule has 0 aromatic heterocycles. The number of guanidine groups is 1. The zero-order valence-electron chi connectivity index (χ0n) is 15.6. The van der Waals surface area contributed by atoms with Gasteiger partial charge in [-0.3, -0.25) is 0 Å². The van der Waals surface area contributed by atoms with E-state index in [0.29, 0.717) is 6.54 Å². The van der Waals surface area contributed by atoms with Gasteiger partial charge in [-0.25, -0.2) is 9.38 Å². The van der Waals surface area contributed by atoms with Crippen molar-refractivity contribution in [2.75, 3.05) is 27.2 Å². The minimum absolute atomic E-state index is 0. The maximum absolute atomic E-state index is 13.3. The molecule has 2 aromatic carbocycles. The molecule has 0 aliphatic heterocycles. The van der Waals surface area contributed by atoms with Crippen molar-refractivity contribution < 1.29 is 4.39 Å². The van der Waals surface area contributed by atoms with Gasteiger partial charge in [0.1, 0.15) is 5.82 Å². The van der Waals surface area contributed by atoms with Gasteiger partial charge < -0.3 is 15.5 Å². The highest BCUT2D eigenvalue weighted by Gasteiger charge is 2.14. The van der Waals surface area contributed by atoms with E-state index in [0.717, 1.165) is 24.6 Å². The van der Waals surface area contributed by atoms with E-state index in [1.807, 2.05) is 19.1 Å². The molecule has 0 saturated heterocycles. The Labute approximate surface area is 172 Å². The Bertz CT molecular complexity index is 677. The molecule has 0 heterocycles. The Hall–Kier alpha value is -1.67. The van der Waals surface area contributed by atoms with Crippen LogP contribution in [0.2, 0.25) is 0 Å². The van der Waals surface area contributed by atoms with Crippen LogP contribution in [0.15, 0.2) is 59.6 Å². The first-order valence-electron chi connectivity index (χ1n) is 8.58. The average Bonchev–Trinajstić information content (AvgIpc) is 2.60. The number of nitrogens with one attached hydrogen (secondary N) is 2. The number of halogens is 2. The molecule has 2 N–H and O–H groups in total. The first-order valence-corrected chi connectivity index (χ1v) is 8.58. The van der Waals surface area contributed by atoms with E-state index in [1.54, 1.807) is 6.07 Å². The summed E-state index contributed by atoms with van der Waals surface area (Å²) < 4.78 is 13.3. The molecule has 0 bridgehead atoms. The van der Waals surface area contributed by atoms with E-state index >= 15 is 0 Å². The molecule has 4 nitrogen and oxygen atoms in total. The molecule has 0 aliphatic rings. The first kappa shape index (κ1) is 22.4. The minimum Gasteiger partial charge on any atom is -0.357 e. The molecule has 2 rings (SSSR count). The van der Waals surface area contributed by atoms with Crippen LogP contribution >= 0.6 is 24.0 Å². The molecule has 0 saturated carbocycles. The van der Waals surface area contributed by atoms with Gasteiger partial charge in [-0.2, -0.15) is 0 Å². The number of likely N-dealkylation sites (N-methyl/N-ethyl adjacent to an activating group) is 1. The Morgan fingerprint density at radius 1 is 1.08 bits per heavy atom. The smallest absolute Gasteiger partial charge is 0.191 e. The predicted octanol–water partition coefficient (Wildman–Crippen LogP) is 3.80. The van der Waals surface area contributed by atoms with E-state index in [9.17, 15) is 4.39 Å². The van der Waals surface area contributed by atoms with E-state index in [2.05, 4.69) is 58.9 Å². The van der Waals surface area contributed by atoms with Crippen molar-refractivity contribution in [3.8, 4) is 0 Å². The summed E-state index contributed by atoms with van der Waals surface area (Å²) in [4.78, 5) is 6.74. The average molecular weight is 470 g/mol. The van der Waals surface area contributed by atoms with Crippen molar-refractivity contribution in [2.45, 2.75) is 19.5 Å². The lowest BCUT2D eigenvalue weighted by Crippen LogP contribution is -2.41. The lowest BCUT2D eigenvalue weighted by Gasteiger charge is -2.26. The van der Waals surface area contributed by atoms with Crippen LogP contribution in [0.5, 0.6) is 0 Å². The van der Waals surface area contributed by atoms with Gasteiger partial charge in [0, 0.05) is 13.1 Å². The number of hydrogen-bond donors (Lipinski definition) is 2. The molecule has 0 aliphatic carbocycles. The third-order valence-corrected chi connectivity index (χ3v) is 3.92. The number of nitrogens with zero attached hydrogens (tertiary/aromatic N) is 2. The van der Waals surface area contributed by atoms with Crippen LogP contribution < -0.4 is 10.6 Å². The quantitative estimate of drug-likeness (QED) is 0.368. The van der Waals surface area contributed by atoms with Crippen LogP contribution in [0, 0.1) is 5.82 Å². The fourth-order valence-corrected chi connectivity index (χ4v) is 2.61. The fourth-order valence-electron chi connectivity index (χ4n) is 2.61. The molecular formula is C20H28FIN4. The summed E-state index contributed by atoms with van der Waals surface area (Å²) in [5, 5.41) is 6.63. The highest BCUT2D eigenvalue weighted by Crippen LogP contribution is 2.16. The lowest BCUT2D eigenvalue weighted by molar-refractivity contribution is 0.298. The fraction of sp³-hybridized carbons (Fsp3) is 0.350. The van der Waals surface area contributed by atoms with Crippen LogP contribution in [0.4, 0.5) is 4.39 Å². The van der Waals surface area contributed by atoms with E-state index in [4.69, 9.17) is 0 Å². The molecule has 0 radical (unpaired) electrons. The van der Waals surface area contributed by atoms with Gasteiger partial charge in [0.05, 0.1) is 12.6 Å². The van der Waals surface area contributed by atoms with Gasteiger partial charge >= 0.3 is 0 Å². The van der Waals surface area contributed by atoms with Crippen LogP contribution in [0.25, 0.3) is 0 Å². The van der Waals surface area contributed by atoms with Crippen molar-refractivity contribution >= 4 is 29.9 Å². The van der Waals surface area contributed by atoms with Crippen LogP contribution in [-0.2, 0) is 6.54 Å². The van der Waals surface area contributed by atoms with Crippen molar-refractivity contribution in [3.63, 3.8) is 0 Å². The second-order valence-corrected chi connectivity index (χ2v) is 6.10. The number of benzene rings is 2. The lowest BCUT2D eigenvalue weighted by atomic mass is 10.1. The number of aliphatic imine (C=N–C) groups is 1. The molecule has 2 aromatic rings. The molecule has 0 fully saturated rings. The van der Waals surface area contributed by atoms with E-state index in [-0.39, 0.29) is 35.8 Å². The van der Waals surface area contributed by atoms with Gasteiger partial charge in [-0.1, -0.05) is 42.5 Å². The Morgan fingerprint density at radius 3 is 2.42 bits per heavy atom. The van der Waals surface area contributed by atoms with E-state index in [1.165, 1.54) is 17.7 Å². The predicted molar refractivity (Wildman–Crippen MR) is 118 cm³/mol. The van der Waals surface area contributed by atoms with Gasteiger partial charge in [0.25, 0.3) is 0 Å². The standard InChI is InChI=1S/C20H27FN4.HI/c1-4-22-20(23-14-16-9-8-12-18(21)13-16)24-15-19(25(2)3)17-10-6-5-7-11-17;/h5-13,19H,4,14-15H2,1-3H3,(H2,22,23,24);1H. The summed E-state index contributed by atoms with van der Waals surface area (Å²) in [6.45, 7) is 3.96. The zero-order valence-corrected chi connectivity index (χ0v) is 17.9. The van der Waals surface area contributed by atoms with Crippen LogP contribution in [-0.4, -0.2) is 38.0 Å². The third kappa shape index (κ3) is 7.29. The Morgan fingerprint density at radius 2 is 1.81 bits per heavy atom. The maximum atomic E-state index is 13.3. The summed E-state index contributed by atoms with van der Waals surface area (Å²) in [7, 11) is 4.13. The van der Waals surface area contributed by atoms with Gasteiger partial charge in [-0.05, 0) is 44.3 Å². The van der Waals surface area contributed by atoms with Gasteiger partial charge in [0.2, 0.25) is 0 Å². The van der Waals surface area contributed by atoms with Crippen molar-refractivity contribution in [3.05, 3.63) is 71.5 Å². The molecule has 0 amide bonds. The molecule has 6 heteroatoms. The summed E-state index contributed by atoms with van der Waals surface area (Å²) in [5.74, 6) is 0.497. The largest absolute Gasteiger partial charge is 0.357 e. The van der Waals surface area contributed by atoms with Crippen molar-refractivity contribution in [2.24, 2.45) is 4.99 Å². The van der Waals surface area contributed by atoms with Crippen molar-refractivity contribution in [1.29, 1.82) is 0 Å². The molecule has 142 valence electrons. The number of hydrogen-bond acceptors (Lipinski definition) is 2. The second kappa shape index (κ2) is 11.9. The summed E-state index contributed by atoms with van der Waals surface area (Å²) in [6, 6.07) is 17.2.